The standard InChI is InChI=1S/C15H19N3O5S2/c1-10-7-11(2)17-15(16-10)24-9-13(19)22-8-12-5-6-14(23-12)25(20,21)18(3)4/h5-7H,8-9H2,1-4H3. The van der Waals surface area contributed by atoms with E-state index in [1.165, 1.54) is 38.0 Å². The number of rotatable bonds is 7. The van der Waals surface area contributed by atoms with E-state index >= 15 is 0 Å². The first kappa shape index (κ1) is 19.4. The maximum absolute atomic E-state index is 11.9. The van der Waals surface area contributed by atoms with Gasteiger partial charge in [0.2, 0.25) is 5.09 Å². The number of thioether (sulfide) groups is 1. The Morgan fingerprint density at radius 2 is 1.88 bits per heavy atom. The maximum Gasteiger partial charge on any atom is 0.316 e. The van der Waals surface area contributed by atoms with Gasteiger partial charge in [-0.3, -0.25) is 4.79 Å². The van der Waals surface area contributed by atoms with Crippen LogP contribution < -0.4 is 0 Å². The van der Waals surface area contributed by atoms with Crippen molar-refractivity contribution in [2.24, 2.45) is 0 Å². The van der Waals surface area contributed by atoms with Crippen LogP contribution in [-0.2, 0) is 26.2 Å². The molecule has 0 aliphatic carbocycles. The van der Waals surface area contributed by atoms with Crippen LogP contribution >= 0.6 is 11.8 Å². The minimum atomic E-state index is -3.64. The molecule has 0 fully saturated rings. The average molecular weight is 385 g/mol. The minimum Gasteiger partial charge on any atom is -0.457 e. The van der Waals surface area contributed by atoms with Crippen molar-refractivity contribution in [1.29, 1.82) is 0 Å². The van der Waals surface area contributed by atoms with Crippen LogP contribution in [0, 0.1) is 13.8 Å². The van der Waals surface area contributed by atoms with Gasteiger partial charge in [0.05, 0.1) is 5.75 Å². The SMILES string of the molecule is Cc1cc(C)nc(SCC(=O)OCc2ccc(S(=O)(=O)N(C)C)o2)n1. The van der Waals surface area contributed by atoms with Crippen LogP contribution in [0.4, 0.5) is 0 Å². The predicted molar refractivity (Wildman–Crippen MR) is 91.6 cm³/mol. The molecule has 0 aliphatic rings. The third kappa shape index (κ3) is 5.28. The summed E-state index contributed by atoms with van der Waals surface area (Å²) < 4.78 is 35.1. The number of sulfonamides is 1. The molecule has 0 spiro atoms. The highest BCUT2D eigenvalue weighted by Gasteiger charge is 2.21. The smallest absolute Gasteiger partial charge is 0.316 e. The molecule has 136 valence electrons. The summed E-state index contributed by atoms with van der Waals surface area (Å²) in [5.41, 5.74) is 1.65. The summed E-state index contributed by atoms with van der Waals surface area (Å²) in [7, 11) is -0.830. The Bertz CT molecular complexity index is 842. The number of nitrogens with zero attached hydrogens (tertiary/aromatic N) is 3. The van der Waals surface area contributed by atoms with Crippen LogP contribution in [0.15, 0.2) is 32.9 Å². The van der Waals surface area contributed by atoms with Gasteiger partial charge in [-0.2, -0.15) is 0 Å². The monoisotopic (exact) mass is 385 g/mol. The second-order valence-electron chi connectivity index (χ2n) is 5.39. The maximum atomic E-state index is 11.9. The zero-order valence-electron chi connectivity index (χ0n) is 14.3. The number of carbonyl (C=O) groups excluding carboxylic acids is 1. The Kier molecular flexibility index (Phi) is 6.20. The van der Waals surface area contributed by atoms with Crippen molar-refractivity contribution in [3.8, 4) is 0 Å². The van der Waals surface area contributed by atoms with Crippen molar-refractivity contribution in [3.05, 3.63) is 35.3 Å². The topological polar surface area (TPSA) is 103 Å². The van der Waals surface area contributed by atoms with E-state index in [-0.39, 0.29) is 23.2 Å². The zero-order chi connectivity index (χ0) is 18.6. The third-order valence-electron chi connectivity index (χ3n) is 3.03. The van der Waals surface area contributed by atoms with Gasteiger partial charge in [0.25, 0.3) is 10.0 Å². The van der Waals surface area contributed by atoms with E-state index in [0.29, 0.717) is 5.16 Å². The van der Waals surface area contributed by atoms with Gasteiger partial charge in [-0.15, -0.1) is 0 Å². The van der Waals surface area contributed by atoms with Crippen molar-refractivity contribution >= 4 is 27.8 Å². The Hall–Kier alpha value is -1.91. The van der Waals surface area contributed by atoms with Gasteiger partial charge in [0.15, 0.2) is 5.16 Å². The van der Waals surface area contributed by atoms with Gasteiger partial charge in [-0.1, -0.05) is 11.8 Å². The fourth-order valence-electron chi connectivity index (χ4n) is 1.83. The second kappa shape index (κ2) is 7.98. The van der Waals surface area contributed by atoms with E-state index in [9.17, 15) is 13.2 Å². The summed E-state index contributed by atoms with van der Waals surface area (Å²) in [6.45, 7) is 3.57. The number of hydrogen-bond acceptors (Lipinski definition) is 8. The van der Waals surface area contributed by atoms with Gasteiger partial charge < -0.3 is 9.15 Å². The van der Waals surface area contributed by atoms with E-state index in [1.54, 1.807) is 0 Å². The molecule has 0 unspecified atom stereocenters. The van der Waals surface area contributed by atoms with E-state index in [1.807, 2.05) is 19.9 Å². The minimum absolute atomic E-state index is 0.0481. The molecule has 2 aromatic rings. The molecule has 0 aliphatic heterocycles. The lowest BCUT2D eigenvalue weighted by Gasteiger charge is -2.07. The third-order valence-corrected chi connectivity index (χ3v) is 5.54. The first-order valence-corrected chi connectivity index (χ1v) is 9.73. The normalized spacial score (nSPS) is 11.7. The predicted octanol–water partition coefficient (Wildman–Crippen LogP) is 1.77. The number of esters is 1. The average Bonchev–Trinajstić information content (AvgIpc) is 2.99. The number of ether oxygens (including phenoxy) is 1. The largest absolute Gasteiger partial charge is 0.457 e. The number of carbonyl (C=O) groups is 1. The van der Waals surface area contributed by atoms with Gasteiger partial charge in [0, 0.05) is 25.5 Å². The lowest BCUT2D eigenvalue weighted by molar-refractivity contribution is -0.142. The van der Waals surface area contributed by atoms with Crippen LogP contribution in [0.3, 0.4) is 0 Å². The van der Waals surface area contributed by atoms with Crippen LogP contribution in [0.1, 0.15) is 17.1 Å². The Balaban J connectivity index is 1.87. The molecule has 25 heavy (non-hydrogen) atoms. The summed E-state index contributed by atoms with van der Waals surface area (Å²) in [4.78, 5) is 20.3. The van der Waals surface area contributed by atoms with E-state index < -0.39 is 16.0 Å². The molecule has 0 N–H and O–H groups in total. The van der Waals surface area contributed by atoms with E-state index in [2.05, 4.69) is 9.97 Å². The lowest BCUT2D eigenvalue weighted by Crippen LogP contribution is -2.21. The highest BCUT2D eigenvalue weighted by Crippen LogP contribution is 2.18. The summed E-state index contributed by atoms with van der Waals surface area (Å²) >= 11 is 1.18. The summed E-state index contributed by atoms with van der Waals surface area (Å²) in [6, 6.07) is 4.64. The van der Waals surface area contributed by atoms with Crippen molar-refractivity contribution in [2.75, 3.05) is 19.8 Å². The number of aromatic nitrogens is 2. The van der Waals surface area contributed by atoms with Gasteiger partial charge in [-0.05, 0) is 32.0 Å². The molecule has 0 saturated heterocycles. The molecule has 2 aromatic heterocycles. The van der Waals surface area contributed by atoms with Crippen molar-refractivity contribution in [3.63, 3.8) is 0 Å². The second-order valence-corrected chi connectivity index (χ2v) is 8.42. The molecule has 8 nitrogen and oxygen atoms in total. The first-order chi connectivity index (χ1) is 11.7. The van der Waals surface area contributed by atoms with Crippen LogP contribution in [0.5, 0.6) is 0 Å². The van der Waals surface area contributed by atoms with Crippen molar-refractivity contribution in [1.82, 2.24) is 14.3 Å². The molecule has 0 bridgehead atoms. The first-order valence-electron chi connectivity index (χ1n) is 7.30. The van der Waals surface area contributed by atoms with Gasteiger partial charge >= 0.3 is 5.97 Å². The van der Waals surface area contributed by atoms with Crippen LogP contribution in [0.25, 0.3) is 0 Å². The fourth-order valence-corrected chi connectivity index (χ4v) is 3.39. The highest BCUT2D eigenvalue weighted by atomic mass is 32.2. The van der Waals surface area contributed by atoms with Gasteiger partial charge in [0.1, 0.15) is 12.4 Å². The highest BCUT2D eigenvalue weighted by molar-refractivity contribution is 7.99. The zero-order valence-corrected chi connectivity index (χ0v) is 16.0. The number of aryl methyl sites for hydroxylation is 2. The van der Waals surface area contributed by atoms with Crippen LogP contribution in [0.2, 0.25) is 0 Å². The lowest BCUT2D eigenvalue weighted by atomic mass is 10.4. The molecule has 2 heterocycles. The molecule has 0 aromatic carbocycles. The van der Waals surface area contributed by atoms with E-state index in [4.69, 9.17) is 9.15 Å². The quantitative estimate of drug-likeness (QED) is 0.404. The molecule has 0 radical (unpaired) electrons. The van der Waals surface area contributed by atoms with E-state index in [0.717, 1.165) is 15.7 Å². The Morgan fingerprint density at radius 3 is 2.48 bits per heavy atom. The molecular formula is C15H19N3O5S2. The molecule has 2 rings (SSSR count). The van der Waals surface area contributed by atoms with Crippen molar-refractivity contribution in [2.45, 2.75) is 30.7 Å². The van der Waals surface area contributed by atoms with Crippen molar-refractivity contribution < 1.29 is 22.4 Å². The fraction of sp³-hybridized carbons (Fsp3) is 0.400. The molecule has 0 amide bonds. The molecule has 0 saturated carbocycles. The Morgan fingerprint density at radius 1 is 1.24 bits per heavy atom. The summed E-state index contributed by atoms with van der Waals surface area (Å²) in [6.07, 6.45) is 0. The summed E-state index contributed by atoms with van der Waals surface area (Å²) in [5.74, 6) is -0.172. The van der Waals surface area contributed by atoms with Crippen LogP contribution in [-0.4, -0.2) is 48.5 Å². The molecule has 10 heteroatoms. The summed E-state index contributed by atoms with van der Waals surface area (Å²) in [5, 5.41) is 0.313. The molecule has 0 atom stereocenters. The Labute approximate surface area is 150 Å². The number of hydrogen-bond donors (Lipinski definition) is 0. The van der Waals surface area contributed by atoms with Gasteiger partial charge in [-0.25, -0.2) is 22.7 Å². The number of furan rings is 1. The molecular weight excluding hydrogens is 366 g/mol.